The Kier molecular flexibility index (Phi) is 3.78. The molecule has 20 heavy (non-hydrogen) atoms. The summed E-state index contributed by atoms with van der Waals surface area (Å²) < 4.78 is 5.25. The summed E-state index contributed by atoms with van der Waals surface area (Å²) in [5.41, 5.74) is 2.04. The Hall–Kier alpha value is -1.36. The zero-order chi connectivity index (χ0) is 14.1. The fourth-order valence-corrected chi connectivity index (χ4v) is 3.43. The standard InChI is InChI=1S/C14H10Cl2N2OS/c1-19-9-4-2-3-8(5-9)10-7-20-14-12(10)13(16)17-11(6-15)18-14/h2-5,7H,6H2,1H3. The quantitative estimate of drug-likeness (QED) is 0.514. The van der Waals surface area contributed by atoms with E-state index < -0.39 is 0 Å². The van der Waals surface area contributed by atoms with Crippen molar-refractivity contribution in [2.45, 2.75) is 5.88 Å². The monoisotopic (exact) mass is 324 g/mol. The number of methoxy groups -OCH3 is 1. The molecule has 0 saturated carbocycles. The summed E-state index contributed by atoms with van der Waals surface area (Å²) in [6.45, 7) is 0. The Morgan fingerprint density at radius 1 is 1.30 bits per heavy atom. The van der Waals surface area contributed by atoms with Crippen LogP contribution in [0, 0.1) is 0 Å². The van der Waals surface area contributed by atoms with Crippen molar-refractivity contribution in [3.05, 3.63) is 40.6 Å². The summed E-state index contributed by atoms with van der Waals surface area (Å²) >= 11 is 13.6. The highest BCUT2D eigenvalue weighted by Gasteiger charge is 2.14. The molecule has 2 heterocycles. The van der Waals surface area contributed by atoms with Gasteiger partial charge in [0.1, 0.15) is 21.6 Å². The van der Waals surface area contributed by atoms with E-state index in [4.69, 9.17) is 27.9 Å². The molecular weight excluding hydrogens is 315 g/mol. The van der Waals surface area contributed by atoms with Crippen LogP contribution in [0.1, 0.15) is 5.82 Å². The van der Waals surface area contributed by atoms with E-state index in [0.717, 1.165) is 27.1 Å². The lowest BCUT2D eigenvalue weighted by Gasteiger charge is -2.04. The maximum atomic E-state index is 6.28. The van der Waals surface area contributed by atoms with E-state index >= 15 is 0 Å². The highest BCUT2D eigenvalue weighted by Crippen LogP contribution is 2.37. The number of nitrogens with zero attached hydrogens (tertiary/aromatic N) is 2. The first-order valence-electron chi connectivity index (χ1n) is 5.87. The van der Waals surface area contributed by atoms with Gasteiger partial charge in [0.15, 0.2) is 0 Å². The van der Waals surface area contributed by atoms with Crippen LogP contribution in [0.5, 0.6) is 5.75 Å². The van der Waals surface area contributed by atoms with Crippen molar-refractivity contribution in [3.63, 3.8) is 0 Å². The van der Waals surface area contributed by atoms with E-state index in [1.807, 2.05) is 29.6 Å². The van der Waals surface area contributed by atoms with Crippen LogP contribution in [-0.4, -0.2) is 17.1 Å². The van der Waals surface area contributed by atoms with Gasteiger partial charge in [-0.3, -0.25) is 0 Å². The molecule has 0 unspecified atom stereocenters. The molecule has 0 fully saturated rings. The average Bonchev–Trinajstić information content (AvgIpc) is 2.91. The van der Waals surface area contributed by atoms with Gasteiger partial charge in [-0.2, -0.15) is 0 Å². The van der Waals surface area contributed by atoms with Crippen LogP contribution in [-0.2, 0) is 5.88 Å². The zero-order valence-electron chi connectivity index (χ0n) is 10.6. The van der Waals surface area contributed by atoms with Crippen molar-refractivity contribution in [1.82, 2.24) is 9.97 Å². The molecule has 0 aliphatic carbocycles. The van der Waals surface area contributed by atoms with Crippen molar-refractivity contribution in [2.24, 2.45) is 0 Å². The molecule has 0 bridgehead atoms. The molecule has 3 aromatic rings. The summed E-state index contributed by atoms with van der Waals surface area (Å²) in [6, 6.07) is 7.82. The number of aromatic nitrogens is 2. The van der Waals surface area contributed by atoms with Crippen LogP contribution in [0.25, 0.3) is 21.3 Å². The third kappa shape index (κ3) is 2.35. The second-order valence-corrected chi connectivity index (χ2v) is 5.61. The van der Waals surface area contributed by atoms with E-state index in [0.29, 0.717) is 11.0 Å². The number of hydrogen-bond donors (Lipinski definition) is 0. The topological polar surface area (TPSA) is 35.0 Å². The third-order valence-corrected chi connectivity index (χ3v) is 4.32. The minimum atomic E-state index is 0.252. The first-order valence-corrected chi connectivity index (χ1v) is 7.66. The summed E-state index contributed by atoms with van der Waals surface area (Å²) in [4.78, 5) is 9.47. The molecule has 0 radical (unpaired) electrons. The Bertz CT molecular complexity index is 773. The highest BCUT2D eigenvalue weighted by atomic mass is 35.5. The van der Waals surface area contributed by atoms with E-state index in [1.54, 1.807) is 7.11 Å². The van der Waals surface area contributed by atoms with Gasteiger partial charge < -0.3 is 4.74 Å². The number of rotatable bonds is 3. The van der Waals surface area contributed by atoms with Gasteiger partial charge in [0, 0.05) is 10.9 Å². The van der Waals surface area contributed by atoms with Crippen molar-refractivity contribution in [1.29, 1.82) is 0 Å². The third-order valence-electron chi connectivity index (χ3n) is 2.94. The molecule has 3 rings (SSSR count). The fraction of sp³-hybridized carbons (Fsp3) is 0.143. The molecule has 6 heteroatoms. The molecule has 0 saturated heterocycles. The molecular formula is C14H10Cl2N2OS. The molecule has 2 aromatic heterocycles. The maximum Gasteiger partial charge on any atom is 0.146 e. The minimum absolute atomic E-state index is 0.252. The Balaban J connectivity index is 2.21. The van der Waals surface area contributed by atoms with Gasteiger partial charge in [0.25, 0.3) is 0 Å². The second-order valence-electron chi connectivity index (χ2n) is 4.13. The van der Waals surface area contributed by atoms with Crippen molar-refractivity contribution in [2.75, 3.05) is 7.11 Å². The molecule has 102 valence electrons. The van der Waals surface area contributed by atoms with Gasteiger partial charge in [-0.25, -0.2) is 9.97 Å². The number of benzene rings is 1. The lowest BCUT2D eigenvalue weighted by Crippen LogP contribution is -1.92. The first-order chi connectivity index (χ1) is 9.72. The summed E-state index contributed by atoms with van der Waals surface area (Å²) in [6.07, 6.45) is 0. The second kappa shape index (κ2) is 5.56. The van der Waals surface area contributed by atoms with Crippen LogP contribution in [0.4, 0.5) is 0 Å². The molecule has 0 spiro atoms. The van der Waals surface area contributed by atoms with Gasteiger partial charge in [-0.1, -0.05) is 23.7 Å². The predicted molar refractivity (Wildman–Crippen MR) is 84.0 cm³/mol. The Labute approximate surface area is 130 Å². The lowest BCUT2D eigenvalue weighted by molar-refractivity contribution is 0.415. The van der Waals surface area contributed by atoms with Gasteiger partial charge >= 0.3 is 0 Å². The van der Waals surface area contributed by atoms with E-state index in [1.165, 1.54) is 11.3 Å². The van der Waals surface area contributed by atoms with Gasteiger partial charge in [-0.05, 0) is 17.7 Å². The van der Waals surface area contributed by atoms with Crippen LogP contribution < -0.4 is 4.74 Å². The molecule has 0 atom stereocenters. The van der Waals surface area contributed by atoms with Crippen molar-refractivity contribution in [3.8, 4) is 16.9 Å². The van der Waals surface area contributed by atoms with E-state index in [-0.39, 0.29) is 5.88 Å². The minimum Gasteiger partial charge on any atom is -0.497 e. The molecule has 3 nitrogen and oxygen atoms in total. The normalized spacial score (nSPS) is 10.9. The lowest BCUT2D eigenvalue weighted by atomic mass is 10.1. The number of thiophene rings is 1. The Morgan fingerprint density at radius 3 is 2.90 bits per heavy atom. The number of fused-ring (bicyclic) bond motifs is 1. The maximum absolute atomic E-state index is 6.28. The first kappa shape index (κ1) is 13.6. The van der Waals surface area contributed by atoms with Crippen LogP contribution in [0.2, 0.25) is 5.15 Å². The number of halogens is 2. The summed E-state index contributed by atoms with van der Waals surface area (Å²) in [5.74, 6) is 1.60. The van der Waals surface area contributed by atoms with Gasteiger partial charge in [-0.15, -0.1) is 22.9 Å². The van der Waals surface area contributed by atoms with Crippen LogP contribution >= 0.6 is 34.5 Å². The number of alkyl halides is 1. The van der Waals surface area contributed by atoms with Crippen LogP contribution in [0.3, 0.4) is 0 Å². The molecule has 0 amide bonds. The van der Waals surface area contributed by atoms with Crippen molar-refractivity contribution < 1.29 is 4.74 Å². The fourth-order valence-electron chi connectivity index (χ4n) is 2.00. The van der Waals surface area contributed by atoms with E-state index in [9.17, 15) is 0 Å². The summed E-state index contributed by atoms with van der Waals surface area (Å²) in [5, 5.41) is 3.32. The van der Waals surface area contributed by atoms with E-state index in [2.05, 4.69) is 9.97 Å². The highest BCUT2D eigenvalue weighted by molar-refractivity contribution is 7.17. The Morgan fingerprint density at radius 2 is 2.15 bits per heavy atom. The zero-order valence-corrected chi connectivity index (χ0v) is 12.9. The molecule has 0 aliphatic heterocycles. The molecule has 0 N–H and O–H groups in total. The SMILES string of the molecule is COc1cccc(-c2csc3nc(CCl)nc(Cl)c23)c1. The average molecular weight is 325 g/mol. The molecule has 0 aliphatic rings. The van der Waals surface area contributed by atoms with Crippen molar-refractivity contribution >= 4 is 44.8 Å². The largest absolute Gasteiger partial charge is 0.497 e. The number of hydrogen-bond acceptors (Lipinski definition) is 4. The molecule has 1 aromatic carbocycles. The smallest absolute Gasteiger partial charge is 0.146 e. The number of ether oxygens (including phenoxy) is 1. The predicted octanol–water partition coefficient (Wildman–Crippen LogP) is 4.76. The summed E-state index contributed by atoms with van der Waals surface area (Å²) in [7, 11) is 1.65. The van der Waals surface area contributed by atoms with Crippen LogP contribution in [0.15, 0.2) is 29.6 Å². The van der Waals surface area contributed by atoms with Gasteiger partial charge in [0.2, 0.25) is 0 Å². The van der Waals surface area contributed by atoms with Gasteiger partial charge in [0.05, 0.1) is 18.4 Å².